The summed E-state index contributed by atoms with van der Waals surface area (Å²) in [5.41, 5.74) is 0. The van der Waals surface area contributed by atoms with Crippen LogP contribution in [0.1, 0.15) is 65.2 Å². The van der Waals surface area contributed by atoms with Crippen molar-refractivity contribution in [2.24, 2.45) is 11.8 Å². The van der Waals surface area contributed by atoms with Gasteiger partial charge in [0, 0.05) is 12.6 Å². The summed E-state index contributed by atoms with van der Waals surface area (Å²) < 4.78 is 6.09. The van der Waals surface area contributed by atoms with E-state index in [9.17, 15) is 0 Å². The number of hydrogen-bond acceptors (Lipinski definition) is 2. The fraction of sp³-hybridized carbons (Fsp3) is 1.00. The highest BCUT2D eigenvalue weighted by atomic mass is 16.5. The molecule has 1 N–H and O–H groups in total. The fourth-order valence-corrected chi connectivity index (χ4v) is 3.70. The summed E-state index contributed by atoms with van der Waals surface area (Å²) in [7, 11) is 0. The maximum atomic E-state index is 6.09. The van der Waals surface area contributed by atoms with Crippen molar-refractivity contribution in [3.05, 3.63) is 0 Å². The first-order valence-electron chi connectivity index (χ1n) is 8.14. The highest BCUT2D eigenvalue weighted by Crippen LogP contribution is 2.30. The first-order valence-corrected chi connectivity index (χ1v) is 8.14. The van der Waals surface area contributed by atoms with Crippen LogP contribution in [-0.2, 0) is 4.74 Å². The van der Waals surface area contributed by atoms with Gasteiger partial charge in [0.15, 0.2) is 0 Å². The Hall–Kier alpha value is -0.0800. The molecule has 0 spiro atoms. The zero-order chi connectivity index (χ0) is 12.8. The average molecular weight is 253 g/mol. The lowest BCUT2D eigenvalue weighted by molar-refractivity contribution is 0.0123. The zero-order valence-corrected chi connectivity index (χ0v) is 12.3. The van der Waals surface area contributed by atoms with Gasteiger partial charge in [0.1, 0.15) is 0 Å². The van der Waals surface area contributed by atoms with E-state index in [2.05, 4.69) is 19.2 Å². The lowest BCUT2D eigenvalue weighted by Gasteiger charge is -2.27. The molecule has 0 saturated heterocycles. The molecule has 0 heterocycles. The van der Waals surface area contributed by atoms with Crippen LogP contribution in [0.15, 0.2) is 0 Å². The molecular formula is C16H31NO. The molecule has 2 fully saturated rings. The SMILES string of the molecule is CCNC1CCCC1CCOC1CCC(C)CC1. The molecule has 2 aliphatic rings. The van der Waals surface area contributed by atoms with Crippen LogP contribution >= 0.6 is 0 Å². The van der Waals surface area contributed by atoms with Gasteiger partial charge in [-0.2, -0.15) is 0 Å². The fourth-order valence-electron chi connectivity index (χ4n) is 3.70. The molecule has 2 nitrogen and oxygen atoms in total. The number of ether oxygens (including phenoxy) is 1. The molecule has 2 aliphatic carbocycles. The molecule has 106 valence electrons. The molecular weight excluding hydrogens is 222 g/mol. The minimum Gasteiger partial charge on any atom is -0.378 e. The Labute approximate surface area is 113 Å². The van der Waals surface area contributed by atoms with Gasteiger partial charge in [-0.15, -0.1) is 0 Å². The van der Waals surface area contributed by atoms with Crippen molar-refractivity contribution >= 4 is 0 Å². The van der Waals surface area contributed by atoms with Gasteiger partial charge >= 0.3 is 0 Å². The van der Waals surface area contributed by atoms with Crippen LogP contribution in [0.4, 0.5) is 0 Å². The Bertz CT molecular complexity index is 223. The number of hydrogen-bond donors (Lipinski definition) is 1. The third kappa shape index (κ3) is 4.24. The minimum atomic E-state index is 0.570. The second-order valence-corrected chi connectivity index (χ2v) is 6.40. The molecule has 0 aromatic rings. The molecule has 2 atom stereocenters. The van der Waals surface area contributed by atoms with Crippen molar-refractivity contribution in [1.82, 2.24) is 5.32 Å². The first-order chi connectivity index (χ1) is 8.79. The average Bonchev–Trinajstić information content (AvgIpc) is 2.80. The number of rotatable bonds is 6. The third-order valence-electron chi connectivity index (χ3n) is 4.93. The molecule has 0 aliphatic heterocycles. The van der Waals surface area contributed by atoms with Crippen molar-refractivity contribution in [3.63, 3.8) is 0 Å². The lowest BCUT2D eigenvalue weighted by atomic mass is 9.89. The Balaban J connectivity index is 1.60. The van der Waals surface area contributed by atoms with Crippen molar-refractivity contribution in [1.29, 1.82) is 0 Å². The van der Waals surface area contributed by atoms with Crippen LogP contribution in [0.5, 0.6) is 0 Å². The molecule has 0 bridgehead atoms. The van der Waals surface area contributed by atoms with Gasteiger partial charge in [0.05, 0.1) is 6.10 Å². The van der Waals surface area contributed by atoms with Crippen LogP contribution in [0.3, 0.4) is 0 Å². The zero-order valence-electron chi connectivity index (χ0n) is 12.3. The first kappa shape index (κ1) is 14.3. The quantitative estimate of drug-likeness (QED) is 0.778. The van der Waals surface area contributed by atoms with Crippen LogP contribution < -0.4 is 5.32 Å². The van der Waals surface area contributed by atoms with E-state index in [1.54, 1.807) is 0 Å². The second kappa shape index (κ2) is 7.49. The van der Waals surface area contributed by atoms with E-state index >= 15 is 0 Å². The summed E-state index contributed by atoms with van der Waals surface area (Å²) in [6.07, 6.45) is 11.3. The predicted octanol–water partition coefficient (Wildman–Crippen LogP) is 3.75. The molecule has 0 radical (unpaired) electrons. The Morgan fingerprint density at radius 2 is 1.83 bits per heavy atom. The highest BCUT2D eigenvalue weighted by molar-refractivity contribution is 4.82. The van der Waals surface area contributed by atoms with E-state index in [0.717, 1.165) is 31.0 Å². The van der Waals surface area contributed by atoms with E-state index in [1.165, 1.54) is 51.4 Å². The van der Waals surface area contributed by atoms with Crippen molar-refractivity contribution < 1.29 is 4.74 Å². The molecule has 2 heteroatoms. The molecule has 0 aromatic heterocycles. The van der Waals surface area contributed by atoms with Crippen molar-refractivity contribution in [2.75, 3.05) is 13.2 Å². The van der Waals surface area contributed by atoms with Crippen LogP contribution in [0.25, 0.3) is 0 Å². The highest BCUT2D eigenvalue weighted by Gasteiger charge is 2.26. The summed E-state index contributed by atoms with van der Waals surface area (Å²) in [6, 6.07) is 0.768. The minimum absolute atomic E-state index is 0.570. The molecule has 2 unspecified atom stereocenters. The summed E-state index contributed by atoms with van der Waals surface area (Å²) in [4.78, 5) is 0. The molecule has 18 heavy (non-hydrogen) atoms. The van der Waals surface area contributed by atoms with Crippen molar-refractivity contribution in [3.8, 4) is 0 Å². The van der Waals surface area contributed by atoms with E-state index < -0.39 is 0 Å². The molecule has 2 rings (SSSR count). The maximum absolute atomic E-state index is 6.09. The van der Waals surface area contributed by atoms with Gasteiger partial charge < -0.3 is 10.1 Å². The maximum Gasteiger partial charge on any atom is 0.0575 e. The van der Waals surface area contributed by atoms with Gasteiger partial charge in [-0.3, -0.25) is 0 Å². The van der Waals surface area contributed by atoms with Gasteiger partial charge in [-0.1, -0.05) is 20.3 Å². The normalized spacial score (nSPS) is 37.0. The van der Waals surface area contributed by atoms with E-state index in [0.29, 0.717) is 6.10 Å². The van der Waals surface area contributed by atoms with Crippen LogP contribution in [0, 0.1) is 11.8 Å². The van der Waals surface area contributed by atoms with Crippen LogP contribution in [0.2, 0.25) is 0 Å². The Morgan fingerprint density at radius 3 is 2.56 bits per heavy atom. The van der Waals surface area contributed by atoms with Gasteiger partial charge in [0.2, 0.25) is 0 Å². The Morgan fingerprint density at radius 1 is 1.06 bits per heavy atom. The van der Waals surface area contributed by atoms with E-state index in [-0.39, 0.29) is 0 Å². The molecule has 0 aromatic carbocycles. The lowest BCUT2D eigenvalue weighted by Crippen LogP contribution is -2.33. The van der Waals surface area contributed by atoms with Crippen LogP contribution in [-0.4, -0.2) is 25.3 Å². The summed E-state index contributed by atoms with van der Waals surface area (Å²) in [6.45, 7) is 6.69. The number of nitrogens with one attached hydrogen (secondary N) is 1. The summed E-state index contributed by atoms with van der Waals surface area (Å²) in [5.74, 6) is 1.80. The largest absolute Gasteiger partial charge is 0.378 e. The molecule has 2 saturated carbocycles. The molecule has 0 amide bonds. The topological polar surface area (TPSA) is 21.3 Å². The van der Waals surface area contributed by atoms with Gasteiger partial charge in [0.25, 0.3) is 0 Å². The summed E-state index contributed by atoms with van der Waals surface area (Å²) >= 11 is 0. The smallest absolute Gasteiger partial charge is 0.0575 e. The van der Waals surface area contributed by atoms with E-state index in [1.807, 2.05) is 0 Å². The van der Waals surface area contributed by atoms with E-state index in [4.69, 9.17) is 4.74 Å². The van der Waals surface area contributed by atoms with Crippen molar-refractivity contribution in [2.45, 2.75) is 77.4 Å². The van der Waals surface area contributed by atoms with Gasteiger partial charge in [-0.05, 0) is 63.3 Å². The second-order valence-electron chi connectivity index (χ2n) is 6.40. The Kier molecular flexibility index (Phi) is 5.97. The predicted molar refractivity (Wildman–Crippen MR) is 76.8 cm³/mol. The monoisotopic (exact) mass is 253 g/mol. The summed E-state index contributed by atoms with van der Waals surface area (Å²) in [5, 5.41) is 3.63. The van der Waals surface area contributed by atoms with Gasteiger partial charge in [-0.25, -0.2) is 0 Å². The third-order valence-corrected chi connectivity index (χ3v) is 4.93. The standard InChI is InChI=1S/C16H31NO/c1-3-17-16-6-4-5-14(16)11-12-18-15-9-7-13(2)8-10-15/h13-17H,3-12H2,1-2H3.